The number of fused-ring (bicyclic) bond motifs is 1. The molecule has 2 aliphatic rings. The van der Waals surface area contributed by atoms with E-state index in [4.69, 9.17) is 14.5 Å². The maximum Gasteiger partial charge on any atom is 0.303 e. The molecule has 7 heteroatoms. The van der Waals surface area contributed by atoms with Gasteiger partial charge in [-0.25, -0.2) is 0 Å². The lowest BCUT2D eigenvalue weighted by atomic mass is 9.77. The van der Waals surface area contributed by atoms with Crippen LogP contribution in [-0.4, -0.2) is 61.4 Å². The lowest BCUT2D eigenvalue weighted by Crippen LogP contribution is -2.48. The molecular weight excluding hydrogens is 396 g/mol. The van der Waals surface area contributed by atoms with Crippen molar-refractivity contribution in [2.24, 2.45) is 22.2 Å². The average molecular weight is 431 g/mol. The number of aliphatic imine (C=N–C) groups is 1. The molecule has 1 fully saturated rings. The zero-order chi connectivity index (χ0) is 22.8. The van der Waals surface area contributed by atoms with Gasteiger partial charge in [-0.3, -0.25) is 14.6 Å². The monoisotopic (exact) mass is 430 g/mol. The number of hydrogen-bond donors (Lipinski definition) is 1. The number of amides is 1. The van der Waals surface area contributed by atoms with Crippen LogP contribution in [0.25, 0.3) is 0 Å². The molecule has 0 spiro atoms. The predicted molar refractivity (Wildman–Crippen MR) is 119 cm³/mol. The van der Waals surface area contributed by atoms with Crippen LogP contribution in [0.15, 0.2) is 17.1 Å². The number of carboxylic acids is 1. The second kappa shape index (κ2) is 9.28. The fourth-order valence-electron chi connectivity index (χ4n) is 4.68. The molecule has 1 aromatic carbocycles. The fraction of sp³-hybridized carbons (Fsp3) is 0.625. The lowest BCUT2D eigenvalue weighted by molar-refractivity contribution is -0.143. The van der Waals surface area contributed by atoms with Crippen molar-refractivity contribution in [3.63, 3.8) is 0 Å². The molecule has 2 aliphatic heterocycles. The molecule has 0 radical (unpaired) electrons. The van der Waals surface area contributed by atoms with Crippen molar-refractivity contribution in [1.29, 1.82) is 0 Å². The largest absolute Gasteiger partial charge is 0.493 e. The maximum absolute atomic E-state index is 12.9. The molecule has 170 valence electrons. The predicted octanol–water partition coefficient (Wildman–Crippen LogP) is 3.42. The highest BCUT2D eigenvalue weighted by atomic mass is 16.5. The summed E-state index contributed by atoms with van der Waals surface area (Å²) >= 11 is 0. The van der Waals surface area contributed by atoms with Crippen molar-refractivity contribution < 1.29 is 24.2 Å². The Hall–Kier alpha value is -2.57. The van der Waals surface area contributed by atoms with Crippen molar-refractivity contribution in [3.05, 3.63) is 23.3 Å². The van der Waals surface area contributed by atoms with Gasteiger partial charge >= 0.3 is 5.97 Å². The van der Waals surface area contributed by atoms with Gasteiger partial charge in [0.2, 0.25) is 5.91 Å². The number of ether oxygens (including phenoxy) is 2. The Balaban J connectivity index is 1.88. The van der Waals surface area contributed by atoms with Crippen LogP contribution in [0.2, 0.25) is 0 Å². The Morgan fingerprint density at radius 1 is 1.16 bits per heavy atom. The van der Waals surface area contributed by atoms with E-state index in [9.17, 15) is 14.7 Å². The smallest absolute Gasteiger partial charge is 0.303 e. The molecule has 3 rings (SSSR count). The van der Waals surface area contributed by atoms with Gasteiger partial charge in [0.05, 0.1) is 14.2 Å². The summed E-state index contributed by atoms with van der Waals surface area (Å²) in [4.78, 5) is 31.1. The summed E-state index contributed by atoms with van der Waals surface area (Å²) in [5, 5.41) is 9.44. The number of piperidine rings is 1. The van der Waals surface area contributed by atoms with Crippen molar-refractivity contribution in [1.82, 2.24) is 4.90 Å². The van der Waals surface area contributed by atoms with E-state index in [1.807, 2.05) is 37.8 Å². The van der Waals surface area contributed by atoms with Gasteiger partial charge in [-0.1, -0.05) is 20.8 Å². The highest BCUT2D eigenvalue weighted by molar-refractivity contribution is 6.03. The molecule has 2 heterocycles. The van der Waals surface area contributed by atoms with Crippen molar-refractivity contribution >= 4 is 17.6 Å². The summed E-state index contributed by atoms with van der Waals surface area (Å²) in [6.07, 6.45) is 2.30. The number of hydrogen-bond acceptors (Lipinski definition) is 5. The van der Waals surface area contributed by atoms with E-state index in [0.29, 0.717) is 44.0 Å². The van der Waals surface area contributed by atoms with Gasteiger partial charge in [0, 0.05) is 42.7 Å². The highest BCUT2D eigenvalue weighted by Crippen LogP contribution is 2.36. The standard InChI is InChI=1S/C24H34N2O5/c1-24(2,3)23(29)26-9-7-15(12-22(27)28)17(14-26)10-19-18-13-21(31-5)20(30-4)11-16(18)6-8-25-19/h11,13,15,17H,6-10,12,14H2,1-5H3,(H,27,28)/t15-,17-/m0/s1. The maximum atomic E-state index is 12.9. The minimum absolute atomic E-state index is 0.0229. The molecule has 0 saturated carbocycles. The quantitative estimate of drug-likeness (QED) is 0.747. The Kier molecular flexibility index (Phi) is 6.92. The van der Waals surface area contributed by atoms with E-state index >= 15 is 0 Å². The summed E-state index contributed by atoms with van der Waals surface area (Å²) in [5.41, 5.74) is 2.71. The molecule has 1 N–H and O–H groups in total. The summed E-state index contributed by atoms with van der Waals surface area (Å²) in [6, 6.07) is 3.98. The van der Waals surface area contributed by atoms with Crippen LogP contribution in [0.5, 0.6) is 11.5 Å². The molecule has 0 bridgehead atoms. The number of carbonyl (C=O) groups is 2. The molecule has 31 heavy (non-hydrogen) atoms. The summed E-state index contributed by atoms with van der Waals surface area (Å²) in [7, 11) is 3.24. The van der Waals surface area contributed by atoms with Crippen LogP contribution in [0.4, 0.5) is 0 Å². The molecule has 0 unspecified atom stereocenters. The van der Waals surface area contributed by atoms with Crippen LogP contribution < -0.4 is 9.47 Å². The van der Waals surface area contributed by atoms with Gasteiger partial charge in [0.15, 0.2) is 11.5 Å². The van der Waals surface area contributed by atoms with Crippen LogP contribution in [0, 0.1) is 17.3 Å². The number of rotatable bonds is 6. The Morgan fingerprint density at radius 2 is 1.84 bits per heavy atom. The first-order chi connectivity index (χ1) is 14.6. The van der Waals surface area contributed by atoms with E-state index < -0.39 is 11.4 Å². The first kappa shape index (κ1) is 23.1. The van der Waals surface area contributed by atoms with Gasteiger partial charge in [0.25, 0.3) is 0 Å². The van der Waals surface area contributed by atoms with Crippen molar-refractivity contribution in [3.8, 4) is 11.5 Å². The van der Waals surface area contributed by atoms with Gasteiger partial charge in [0.1, 0.15) is 0 Å². The first-order valence-electron chi connectivity index (χ1n) is 10.9. The minimum atomic E-state index is -0.789. The molecule has 1 amide bonds. The first-order valence-corrected chi connectivity index (χ1v) is 10.9. The van der Waals surface area contributed by atoms with Crippen LogP contribution in [-0.2, 0) is 16.0 Å². The van der Waals surface area contributed by atoms with Crippen molar-refractivity contribution in [2.75, 3.05) is 33.9 Å². The third-order valence-corrected chi connectivity index (χ3v) is 6.32. The molecular formula is C24H34N2O5. The summed E-state index contributed by atoms with van der Waals surface area (Å²) in [6.45, 7) is 7.64. The van der Waals surface area contributed by atoms with E-state index in [0.717, 1.165) is 23.3 Å². The number of likely N-dealkylation sites (tertiary alicyclic amines) is 1. The summed E-state index contributed by atoms with van der Waals surface area (Å²) in [5.74, 6) is 0.757. The molecule has 1 aromatic rings. The lowest BCUT2D eigenvalue weighted by Gasteiger charge is -2.41. The van der Waals surface area contributed by atoms with Crippen LogP contribution in [0.3, 0.4) is 0 Å². The Bertz CT molecular complexity index is 871. The van der Waals surface area contributed by atoms with Crippen LogP contribution >= 0.6 is 0 Å². The summed E-state index contributed by atoms with van der Waals surface area (Å²) < 4.78 is 10.9. The van der Waals surface area contributed by atoms with Gasteiger partial charge in [-0.15, -0.1) is 0 Å². The van der Waals surface area contributed by atoms with Crippen molar-refractivity contribution in [2.45, 2.75) is 46.5 Å². The highest BCUT2D eigenvalue weighted by Gasteiger charge is 2.37. The number of nitrogens with zero attached hydrogens (tertiary/aromatic N) is 2. The average Bonchev–Trinajstić information content (AvgIpc) is 2.72. The zero-order valence-corrected chi connectivity index (χ0v) is 19.2. The van der Waals surface area contributed by atoms with E-state index in [1.54, 1.807) is 14.2 Å². The third-order valence-electron chi connectivity index (χ3n) is 6.32. The molecule has 1 saturated heterocycles. The van der Waals surface area contributed by atoms with E-state index in [-0.39, 0.29) is 24.2 Å². The second-order valence-corrected chi connectivity index (χ2v) is 9.55. The third kappa shape index (κ3) is 5.20. The number of benzene rings is 1. The molecule has 0 aliphatic carbocycles. The Morgan fingerprint density at radius 3 is 2.45 bits per heavy atom. The molecule has 7 nitrogen and oxygen atoms in total. The molecule has 2 atom stereocenters. The normalized spacial score (nSPS) is 21.2. The van der Waals surface area contributed by atoms with E-state index in [2.05, 4.69) is 0 Å². The topological polar surface area (TPSA) is 88.4 Å². The fourth-order valence-corrected chi connectivity index (χ4v) is 4.68. The zero-order valence-electron chi connectivity index (χ0n) is 19.2. The second-order valence-electron chi connectivity index (χ2n) is 9.55. The van der Waals surface area contributed by atoms with Gasteiger partial charge in [-0.05, 0) is 48.8 Å². The van der Waals surface area contributed by atoms with E-state index in [1.165, 1.54) is 0 Å². The SMILES string of the molecule is COc1cc2c(cc1OC)C(C[C@H]1CN(C(=O)C(C)(C)C)CC[C@H]1CC(=O)O)=NCC2. The van der Waals surface area contributed by atoms with Crippen LogP contribution in [0.1, 0.15) is 51.2 Å². The van der Waals surface area contributed by atoms with Gasteiger partial charge in [-0.2, -0.15) is 0 Å². The molecule has 0 aromatic heterocycles. The van der Waals surface area contributed by atoms with Gasteiger partial charge < -0.3 is 19.5 Å². The number of carboxylic acid groups (broad SMARTS) is 1. The Labute approximate surface area is 184 Å². The number of aliphatic carboxylic acids is 1. The number of carbonyl (C=O) groups excluding carboxylic acids is 1. The number of methoxy groups -OCH3 is 2. The minimum Gasteiger partial charge on any atom is -0.493 e.